The number of rotatable bonds is 10. The predicted molar refractivity (Wildman–Crippen MR) is 153 cm³/mol. The molecule has 1 atom stereocenters. The van der Waals surface area contributed by atoms with E-state index in [0.29, 0.717) is 45.6 Å². The molecule has 0 radical (unpaired) electrons. The average molecular weight is 594 g/mol. The Morgan fingerprint density at radius 3 is 2.59 bits per heavy atom. The highest BCUT2D eigenvalue weighted by molar-refractivity contribution is 7.92. The SMILES string of the molecule is CN1CC[C@@H](Oc2ccc3nc(NC(=O)C(=NOCc4ncccn4)c4ccc(S(=O)(=O)C5CC5)cc4)sc3n2)C1. The Kier molecular flexibility index (Phi) is 7.60. The van der Waals surface area contributed by atoms with Crippen molar-refractivity contribution in [3.05, 3.63) is 66.2 Å². The summed E-state index contributed by atoms with van der Waals surface area (Å²) >= 11 is 1.21. The van der Waals surface area contributed by atoms with Gasteiger partial charge in [-0.25, -0.2) is 28.4 Å². The molecular weight excluding hydrogens is 566 g/mol. The lowest BCUT2D eigenvalue weighted by atomic mass is 10.1. The van der Waals surface area contributed by atoms with Crippen LogP contribution in [0, 0.1) is 0 Å². The summed E-state index contributed by atoms with van der Waals surface area (Å²) in [7, 11) is -1.32. The number of amides is 1. The monoisotopic (exact) mass is 593 g/mol. The number of likely N-dealkylation sites (tertiary alicyclic amines) is 1. The number of carbonyl (C=O) groups excluding carboxylic acids is 1. The predicted octanol–water partition coefficient (Wildman–Crippen LogP) is 3.06. The smallest absolute Gasteiger partial charge is 0.280 e. The number of thiazole rings is 1. The van der Waals surface area contributed by atoms with Crippen molar-refractivity contribution in [1.82, 2.24) is 24.8 Å². The van der Waals surface area contributed by atoms with Gasteiger partial charge in [-0.1, -0.05) is 28.6 Å². The minimum Gasteiger partial charge on any atom is -0.473 e. The van der Waals surface area contributed by atoms with Crippen LogP contribution >= 0.6 is 11.3 Å². The first-order valence-corrected chi connectivity index (χ1v) is 15.5. The van der Waals surface area contributed by atoms with Crippen LogP contribution in [0.25, 0.3) is 10.3 Å². The first kappa shape index (κ1) is 27.2. The van der Waals surface area contributed by atoms with Gasteiger partial charge in [-0.2, -0.15) is 0 Å². The lowest BCUT2D eigenvalue weighted by Gasteiger charge is -2.12. The van der Waals surface area contributed by atoms with Gasteiger partial charge in [0.1, 0.15) is 16.5 Å². The number of likely N-dealkylation sites (N-methyl/N-ethyl adjacent to an activating group) is 1. The Bertz CT molecular complexity index is 1690. The fraction of sp³-hybridized carbons (Fsp3) is 0.333. The molecule has 1 aromatic carbocycles. The van der Waals surface area contributed by atoms with Gasteiger partial charge in [0.2, 0.25) is 5.88 Å². The number of carbonyl (C=O) groups is 1. The molecule has 4 aromatic rings. The van der Waals surface area contributed by atoms with Crippen LogP contribution in [0.1, 0.15) is 30.7 Å². The molecular formula is C27H27N7O5S2. The Morgan fingerprint density at radius 1 is 1.10 bits per heavy atom. The molecule has 212 valence electrons. The zero-order chi connectivity index (χ0) is 28.4. The fourth-order valence-corrected chi connectivity index (χ4v) is 6.88. The van der Waals surface area contributed by atoms with Crippen molar-refractivity contribution >= 4 is 48.3 Å². The van der Waals surface area contributed by atoms with Gasteiger partial charge in [0, 0.05) is 37.1 Å². The second-order valence-electron chi connectivity index (χ2n) is 9.88. The maximum atomic E-state index is 13.4. The van der Waals surface area contributed by atoms with Crippen LogP contribution in [0.5, 0.6) is 5.88 Å². The third-order valence-corrected chi connectivity index (χ3v) is 9.85. The molecule has 4 heterocycles. The molecule has 0 bridgehead atoms. The van der Waals surface area contributed by atoms with Gasteiger partial charge in [0.25, 0.3) is 5.91 Å². The standard InChI is InChI=1S/C27H27N7O5S2/c1-34-14-11-18(15-34)39-23-10-9-21-26(31-23)40-27(30-21)32-25(35)24(33-38-16-22-28-12-2-13-29-22)17-3-5-19(6-4-17)41(36,37)20-7-8-20/h2-6,9-10,12-13,18,20H,7-8,11,14-16H2,1H3,(H,30,32,35)/t18-/m1/s1. The van der Waals surface area contributed by atoms with Crippen LogP contribution in [-0.4, -0.2) is 76.4 Å². The summed E-state index contributed by atoms with van der Waals surface area (Å²) in [4.78, 5) is 39.1. The first-order valence-electron chi connectivity index (χ1n) is 13.1. The van der Waals surface area contributed by atoms with Gasteiger partial charge in [-0.05, 0) is 50.6 Å². The van der Waals surface area contributed by atoms with Gasteiger partial charge in [-0.15, -0.1) is 0 Å². The minimum absolute atomic E-state index is 0.0575. The van der Waals surface area contributed by atoms with E-state index in [1.807, 2.05) is 0 Å². The molecule has 6 rings (SSSR count). The highest BCUT2D eigenvalue weighted by Gasteiger charge is 2.36. The van der Waals surface area contributed by atoms with Crippen LogP contribution in [0.2, 0.25) is 0 Å². The van der Waals surface area contributed by atoms with Gasteiger partial charge >= 0.3 is 0 Å². The van der Waals surface area contributed by atoms with E-state index in [1.165, 1.54) is 23.5 Å². The molecule has 12 nitrogen and oxygen atoms in total. The van der Waals surface area contributed by atoms with E-state index in [0.717, 1.165) is 19.5 Å². The van der Waals surface area contributed by atoms with Crippen LogP contribution in [0.3, 0.4) is 0 Å². The van der Waals surface area contributed by atoms with E-state index < -0.39 is 15.7 Å². The number of pyridine rings is 1. The van der Waals surface area contributed by atoms with Gasteiger partial charge in [0.05, 0.1) is 10.1 Å². The zero-order valence-corrected chi connectivity index (χ0v) is 23.8. The van der Waals surface area contributed by atoms with Gasteiger partial charge < -0.3 is 14.5 Å². The Labute approximate surface area is 240 Å². The number of sulfone groups is 1. The summed E-state index contributed by atoms with van der Waals surface area (Å²) in [5.41, 5.74) is 0.937. The second kappa shape index (κ2) is 11.5. The molecule has 1 saturated carbocycles. The zero-order valence-electron chi connectivity index (χ0n) is 22.1. The number of nitrogens with zero attached hydrogens (tertiary/aromatic N) is 6. The molecule has 0 unspecified atom stereocenters. The molecule has 1 N–H and O–H groups in total. The number of benzene rings is 1. The molecule has 2 aliphatic rings. The number of hydrogen-bond donors (Lipinski definition) is 1. The van der Waals surface area contributed by atoms with Crippen molar-refractivity contribution < 1.29 is 22.8 Å². The van der Waals surface area contributed by atoms with Crippen molar-refractivity contribution in [1.29, 1.82) is 0 Å². The highest BCUT2D eigenvalue weighted by atomic mass is 32.2. The summed E-state index contributed by atoms with van der Waals surface area (Å²) in [6.45, 7) is 1.77. The molecule has 1 aliphatic carbocycles. The van der Waals surface area contributed by atoms with Crippen molar-refractivity contribution in [2.75, 3.05) is 25.5 Å². The molecule has 2 fully saturated rings. The van der Waals surface area contributed by atoms with Crippen molar-refractivity contribution in [2.24, 2.45) is 5.16 Å². The molecule has 14 heteroatoms. The number of aromatic nitrogens is 4. The van der Waals surface area contributed by atoms with Gasteiger partial charge in [-0.3, -0.25) is 10.1 Å². The Hall–Kier alpha value is -4.01. The molecule has 1 aliphatic heterocycles. The molecule has 3 aromatic heterocycles. The third-order valence-electron chi connectivity index (χ3n) is 6.69. The second-order valence-corrected chi connectivity index (χ2v) is 13.1. The van der Waals surface area contributed by atoms with E-state index in [2.05, 4.69) is 42.4 Å². The number of fused-ring (bicyclic) bond motifs is 1. The molecule has 0 spiro atoms. The normalized spacial score (nSPS) is 18.0. The van der Waals surface area contributed by atoms with Crippen molar-refractivity contribution in [3.63, 3.8) is 0 Å². The molecule has 1 amide bonds. The molecule has 41 heavy (non-hydrogen) atoms. The number of nitrogens with one attached hydrogen (secondary N) is 1. The minimum atomic E-state index is -3.38. The first-order chi connectivity index (χ1) is 19.8. The lowest BCUT2D eigenvalue weighted by Crippen LogP contribution is -2.24. The van der Waals surface area contributed by atoms with Crippen LogP contribution in [0.15, 0.2) is 64.9 Å². The summed E-state index contributed by atoms with van der Waals surface area (Å²) in [6.07, 6.45) is 5.50. The topological polar surface area (TPSA) is 149 Å². The van der Waals surface area contributed by atoms with Gasteiger partial charge in [0.15, 0.2) is 33.1 Å². The Balaban J connectivity index is 1.21. The Morgan fingerprint density at radius 2 is 1.88 bits per heavy atom. The fourth-order valence-electron chi connectivity index (χ4n) is 4.39. The van der Waals surface area contributed by atoms with E-state index >= 15 is 0 Å². The van der Waals surface area contributed by atoms with E-state index in [9.17, 15) is 13.2 Å². The van der Waals surface area contributed by atoms with Crippen LogP contribution < -0.4 is 10.1 Å². The maximum Gasteiger partial charge on any atom is 0.280 e. The largest absolute Gasteiger partial charge is 0.473 e. The van der Waals surface area contributed by atoms with Crippen LogP contribution in [-0.2, 0) is 26.1 Å². The summed E-state index contributed by atoms with van der Waals surface area (Å²) in [5.74, 6) is 0.321. The van der Waals surface area contributed by atoms with E-state index in [1.54, 1.807) is 42.7 Å². The molecule has 1 saturated heterocycles. The quantitative estimate of drug-likeness (QED) is 0.215. The third kappa shape index (κ3) is 6.34. The number of anilines is 1. The number of hydrogen-bond acceptors (Lipinski definition) is 12. The van der Waals surface area contributed by atoms with E-state index in [4.69, 9.17) is 9.57 Å². The summed E-state index contributed by atoms with van der Waals surface area (Å²) < 4.78 is 31.3. The lowest BCUT2D eigenvalue weighted by molar-refractivity contribution is -0.110. The average Bonchev–Trinajstić information content (AvgIpc) is 3.65. The summed E-state index contributed by atoms with van der Waals surface area (Å²) in [6, 6.07) is 11.3. The van der Waals surface area contributed by atoms with E-state index in [-0.39, 0.29) is 28.6 Å². The highest BCUT2D eigenvalue weighted by Crippen LogP contribution is 2.33. The number of oxime groups is 1. The van der Waals surface area contributed by atoms with Crippen molar-refractivity contribution in [2.45, 2.75) is 42.1 Å². The maximum absolute atomic E-state index is 13.4. The van der Waals surface area contributed by atoms with Crippen LogP contribution in [0.4, 0.5) is 5.13 Å². The number of ether oxygens (including phenoxy) is 1. The van der Waals surface area contributed by atoms with Crippen molar-refractivity contribution in [3.8, 4) is 5.88 Å². The summed E-state index contributed by atoms with van der Waals surface area (Å²) in [5, 5.41) is 6.82.